The molecule has 1 aromatic carbocycles. The molecule has 3 nitrogen and oxygen atoms in total. The molecule has 88 valence electrons. The van der Waals surface area contributed by atoms with Crippen LogP contribution >= 0.6 is 11.6 Å². The lowest BCUT2D eigenvalue weighted by molar-refractivity contribution is -0.145. The molecule has 0 N–H and O–H groups in total. The summed E-state index contributed by atoms with van der Waals surface area (Å²) in [5.74, 6) is 0.905. The lowest BCUT2D eigenvalue weighted by Crippen LogP contribution is -2.14. The minimum atomic E-state index is -0.354. The number of hydrogen-bond donors (Lipinski definition) is 0. The van der Waals surface area contributed by atoms with Gasteiger partial charge in [-0.25, -0.2) is 4.79 Å². The molecule has 0 heterocycles. The van der Waals surface area contributed by atoms with E-state index in [1.807, 2.05) is 24.3 Å². The Balaban J connectivity index is 2.40. The maximum Gasteiger partial charge on any atom is 0.344 e. The summed E-state index contributed by atoms with van der Waals surface area (Å²) in [5, 5.41) is 0. The number of rotatable bonds is 6. The molecule has 4 heteroatoms. The molecule has 0 saturated carbocycles. The number of ether oxygens (including phenoxy) is 2. The standard InChI is InChI=1S/C12H15ClO3/c1-2-15-12(14)9-16-11-5-3-10(4-6-11)7-8-13/h3-6H,2,7-9H2,1H3. The Labute approximate surface area is 100 Å². The smallest absolute Gasteiger partial charge is 0.344 e. The molecule has 0 amide bonds. The topological polar surface area (TPSA) is 35.5 Å². The Bertz CT molecular complexity index is 322. The van der Waals surface area contributed by atoms with Gasteiger partial charge in [0, 0.05) is 5.88 Å². The molecule has 1 rings (SSSR count). The summed E-state index contributed by atoms with van der Waals surface area (Å²) in [5.41, 5.74) is 1.15. The van der Waals surface area contributed by atoms with Crippen LogP contribution in [0.15, 0.2) is 24.3 Å². The maximum atomic E-state index is 11.0. The second-order valence-corrected chi connectivity index (χ2v) is 3.55. The Morgan fingerprint density at radius 2 is 2.00 bits per heavy atom. The molecule has 0 fully saturated rings. The van der Waals surface area contributed by atoms with Crippen molar-refractivity contribution in [2.45, 2.75) is 13.3 Å². The van der Waals surface area contributed by atoms with Crippen molar-refractivity contribution in [2.75, 3.05) is 19.1 Å². The predicted molar refractivity (Wildman–Crippen MR) is 63.0 cm³/mol. The van der Waals surface area contributed by atoms with Crippen LogP contribution in [-0.4, -0.2) is 25.1 Å². The average Bonchev–Trinajstić information content (AvgIpc) is 2.29. The highest BCUT2D eigenvalue weighted by Crippen LogP contribution is 2.12. The number of halogens is 1. The molecule has 0 aromatic heterocycles. The number of alkyl halides is 1. The molecule has 0 spiro atoms. The van der Waals surface area contributed by atoms with Crippen molar-refractivity contribution in [1.82, 2.24) is 0 Å². The first-order valence-corrected chi connectivity index (χ1v) is 5.73. The van der Waals surface area contributed by atoms with Gasteiger partial charge in [0.25, 0.3) is 0 Å². The highest BCUT2D eigenvalue weighted by Gasteiger charge is 2.02. The first-order valence-electron chi connectivity index (χ1n) is 5.19. The van der Waals surface area contributed by atoms with Gasteiger partial charge in [-0.15, -0.1) is 11.6 Å². The van der Waals surface area contributed by atoms with Gasteiger partial charge in [0.05, 0.1) is 6.61 Å². The monoisotopic (exact) mass is 242 g/mol. The van der Waals surface area contributed by atoms with Crippen LogP contribution in [0.3, 0.4) is 0 Å². The number of benzene rings is 1. The molecule has 16 heavy (non-hydrogen) atoms. The molecule has 0 atom stereocenters. The summed E-state index contributed by atoms with van der Waals surface area (Å²) in [7, 11) is 0. The van der Waals surface area contributed by atoms with Gasteiger partial charge in [-0.2, -0.15) is 0 Å². The molecule has 0 aliphatic heterocycles. The van der Waals surface area contributed by atoms with E-state index in [9.17, 15) is 4.79 Å². The van der Waals surface area contributed by atoms with Crippen molar-refractivity contribution >= 4 is 17.6 Å². The van der Waals surface area contributed by atoms with Gasteiger partial charge in [0.15, 0.2) is 6.61 Å². The average molecular weight is 243 g/mol. The van der Waals surface area contributed by atoms with Crippen molar-refractivity contribution in [2.24, 2.45) is 0 Å². The highest BCUT2D eigenvalue weighted by molar-refractivity contribution is 6.17. The second-order valence-electron chi connectivity index (χ2n) is 3.18. The van der Waals surface area contributed by atoms with Crippen LogP contribution in [0.2, 0.25) is 0 Å². The van der Waals surface area contributed by atoms with E-state index in [1.54, 1.807) is 6.92 Å². The van der Waals surface area contributed by atoms with E-state index in [0.29, 0.717) is 18.2 Å². The zero-order chi connectivity index (χ0) is 11.8. The van der Waals surface area contributed by atoms with Crippen LogP contribution in [0.1, 0.15) is 12.5 Å². The van der Waals surface area contributed by atoms with Crippen molar-refractivity contribution in [3.05, 3.63) is 29.8 Å². The van der Waals surface area contributed by atoms with Crippen molar-refractivity contribution in [1.29, 1.82) is 0 Å². The van der Waals surface area contributed by atoms with Gasteiger partial charge in [-0.1, -0.05) is 12.1 Å². The first-order chi connectivity index (χ1) is 7.76. The van der Waals surface area contributed by atoms with E-state index in [2.05, 4.69) is 0 Å². The fourth-order valence-corrected chi connectivity index (χ4v) is 1.42. The van der Waals surface area contributed by atoms with Gasteiger partial charge in [0.2, 0.25) is 0 Å². The first kappa shape index (κ1) is 12.8. The van der Waals surface area contributed by atoms with Gasteiger partial charge >= 0.3 is 5.97 Å². The fourth-order valence-electron chi connectivity index (χ4n) is 1.21. The third-order valence-corrected chi connectivity index (χ3v) is 2.16. The summed E-state index contributed by atoms with van der Waals surface area (Å²) in [4.78, 5) is 11.0. The summed E-state index contributed by atoms with van der Waals surface area (Å²) in [6.45, 7) is 2.08. The third kappa shape index (κ3) is 4.53. The summed E-state index contributed by atoms with van der Waals surface area (Å²) >= 11 is 5.62. The van der Waals surface area contributed by atoms with E-state index in [-0.39, 0.29) is 12.6 Å². The van der Waals surface area contributed by atoms with Crippen LogP contribution in [0.25, 0.3) is 0 Å². The number of aryl methyl sites for hydroxylation is 1. The van der Waals surface area contributed by atoms with Gasteiger partial charge in [-0.05, 0) is 31.0 Å². The quantitative estimate of drug-likeness (QED) is 0.568. The SMILES string of the molecule is CCOC(=O)COc1ccc(CCCl)cc1. The van der Waals surface area contributed by atoms with Crippen LogP contribution < -0.4 is 4.74 Å². The molecule has 1 aromatic rings. The number of carbonyl (C=O) groups is 1. The van der Waals surface area contributed by atoms with E-state index in [4.69, 9.17) is 21.1 Å². The minimum Gasteiger partial charge on any atom is -0.482 e. The van der Waals surface area contributed by atoms with Gasteiger partial charge in [0.1, 0.15) is 5.75 Å². The maximum absolute atomic E-state index is 11.0. The normalized spacial score (nSPS) is 9.88. The lowest BCUT2D eigenvalue weighted by atomic mass is 10.2. The molecule has 0 aliphatic carbocycles. The van der Waals surface area contributed by atoms with Crippen LogP contribution in [0.5, 0.6) is 5.75 Å². The Morgan fingerprint density at radius 3 is 2.56 bits per heavy atom. The van der Waals surface area contributed by atoms with Gasteiger partial charge < -0.3 is 9.47 Å². The van der Waals surface area contributed by atoms with Crippen molar-refractivity contribution in [3.8, 4) is 5.75 Å². The van der Waals surface area contributed by atoms with Crippen LogP contribution in [-0.2, 0) is 16.0 Å². The Hall–Kier alpha value is -1.22. The van der Waals surface area contributed by atoms with Gasteiger partial charge in [-0.3, -0.25) is 0 Å². The van der Waals surface area contributed by atoms with Crippen molar-refractivity contribution in [3.63, 3.8) is 0 Å². The zero-order valence-electron chi connectivity index (χ0n) is 9.24. The van der Waals surface area contributed by atoms with Crippen molar-refractivity contribution < 1.29 is 14.3 Å². The van der Waals surface area contributed by atoms with Crippen LogP contribution in [0, 0.1) is 0 Å². The van der Waals surface area contributed by atoms with E-state index in [0.717, 1.165) is 12.0 Å². The largest absolute Gasteiger partial charge is 0.482 e. The lowest BCUT2D eigenvalue weighted by Gasteiger charge is -2.06. The molecule has 0 bridgehead atoms. The van der Waals surface area contributed by atoms with E-state index < -0.39 is 0 Å². The molecular formula is C12H15ClO3. The van der Waals surface area contributed by atoms with E-state index in [1.165, 1.54) is 0 Å². The minimum absolute atomic E-state index is 0.0529. The number of carbonyl (C=O) groups excluding carboxylic acids is 1. The highest BCUT2D eigenvalue weighted by atomic mass is 35.5. The Kier molecular flexibility index (Phi) is 5.72. The Morgan fingerprint density at radius 1 is 1.31 bits per heavy atom. The molecule has 0 unspecified atom stereocenters. The zero-order valence-corrected chi connectivity index (χ0v) is 10.00. The molecule has 0 radical (unpaired) electrons. The summed E-state index contributed by atoms with van der Waals surface area (Å²) in [6.07, 6.45) is 0.833. The van der Waals surface area contributed by atoms with E-state index >= 15 is 0 Å². The number of hydrogen-bond acceptors (Lipinski definition) is 3. The third-order valence-electron chi connectivity index (χ3n) is 1.97. The molecule has 0 saturated heterocycles. The fraction of sp³-hybridized carbons (Fsp3) is 0.417. The number of esters is 1. The summed E-state index contributed by atoms with van der Waals surface area (Å²) < 4.78 is 9.99. The molecule has 0 aliphatic rings. The van der Waals surface area contributed by atoms with Crippen LogP contribution in [0.4, 0.5) is 0 Å². The predicted octanol–water partition coefficient (Wildman–Crippen LogP) is 2.41. The molecular weight excluding hydrogens is 228 g/mol. The summed E-state index contributed by atoms with van der Waals surface area (Å²) in [6, 6.07) is 7.51. The second kappa shape index (κ2) is 7.12.